The molecule has 1 aliphatic rings. The molecule has 0 spiro atoms. The Bertz CT molecular complexity index is 1070. The summed E-state index contributed by atoms with van der Waals surface area (Å²) in [6.07, 6.45) is -5.21. The highest BCUT2D eigenvalue weighted by atomic mass is 32.2. The molecule has 0 bridgehead atoms. The van der Waals surface area contributed by atoms with Crippen molar-refractivity contribution >= 4 is 33.0 Å². The SMILES string of the molecule is O=C(CCS(=O)(=O)c1ccc2c(c1)NC(=O)CO2)Nc1ccc(OC(F)(F)F)cc1. The van der Waals surface area contributed by atoms with E-state index in [2.05, 4.69) is 15.4 Å². The Labute approximate surface area is 168 Å². The van der Waals surface area contributed by atoms with Gasteiger partial charge in [-0.2, -0.15) is 0 Å². The highest BCUT2D eigenvalue weighted by molar-refractivity contribution is 7.91. The normalized spacial score (nSPS) is 13.6. The molecule has 3 rings (SSSR count). The number of sulfone groups is 1. The average Bonchev–Trinajstić information content (AvgIpc) is 2.66. The first-order valence-corrected chi connectivity index (χ1v) is 10.1. The van der Waals surface area contributed by atoms with Gasteiger partial charge in [-0.15, -0.1) is 13.2 Å². The van der Waals surface area contributed by atoms with Crippen LogP contribution >= 0.6 is 0 Å². The average molecular weight is 444 g/mol. The van der Waals surface area contributed by atoms with Crippen molar-refractivity contribution < 1.29 is 40.7 Å². The summed E-state index contributed by atoms with van der Waals surface area (Å²) in [5, 5.41) is 4.89. The van der Waals surface area contributed by atoms with Gasteiger partial charge in [0.15, 0.2) is 16.4 Å². The number of amides is 2. The van der Waals surface area contributed by atoms with Crippen LogP contribution in [0, 0.1) is 0 Å². The molecule has 1 aliphatic heterocycles. The lowest BCUT2D eigenvalue weighted by Gasteiger charge is -2.18. The molecule has 0 saturated carbocycles. The fraction of sp³-hybridized carbons (Fsp3) is 0.222. The molecule has 8 nitrogen and oxygen atoms in total. The van der Waals surface area contributed by atoms with Crippen molar-refractivity contribution in [3.8, 4) is 11.5 Å². The van der Waals surface area contributed by atoms with Crippen LogP contribution in [0.1, 0.15) is 6.42 Å². The van der Waals surface area contributed by atoms with Crippen LogP contribution in [-0.2, 0) is 19.4 Å². The van der Waals surface area contributed by atoms with Gasteiger partial charge >= 0.3 is 6.36 Å². The predicted octanol–water partition coefficient (Wildman–Crippen LogP) is 2.72. The molecule has 0 unspecified atom stereocenters. The number of fused-ring (bicyclic) bond motifs is 1. The molecule has 0 saturated heterocycles. The van der Waals surface area contributed by atoms with Gasteiger partial charge in [-0.25, -0.2) is 8.42 Å². The first-order valence-electron chi connectivity index (χ1n) is 8.47. The van der Waals surface area contributed by atoms with E-state index in [0.29, 0.717) is 5.75 Å². The molecule has 12 heteroatoms. The zero-order valence-corrected chi connectivity index (χ0v) is 16.0. The van der Waals surface area contributed by atoms with Crippen LogP contribution in [0.5, 0.6) is 11.5 Å². The van der Waals surface area contributed by atoms with Crippen molar-refractivity contribution in [2.75, 3.05) is 23.0 Å². The Morgan fingerprint density at radius 2 is 1.87 bits per heavy atom. The van der Waals surface area contributed by atoms with E-state index in [4.69, 9.17) is 4.74 Å². The Kier molecular flexibility index (Phi) is 5.87. The van der Waals surface area contributed by atoms with Crippen LogP contribution in [-0.4, -0.2) is 39.0 Å². The molecule has 2 amide bonds. The number of rotatable bonds is 6. The highest BCUT2D eigenvalue weighted by Crippen LogP contribution is 2.30. The van der Waals surface area contributed by atoms with Crippen LogP contribution in [0.15, 0.2) is 47.4 Å². The zero-order chi connectivity index (χ0) is 21.9. The molecule has 2 aromatic rings. The van der Waals surface area contributed by atoms with E-state index >= 15 is 0 Å². The summed E-state index contributed by atoms with van der Waals surface area (Å²) in [7, 11) is -3.84. The summed E-state index contributed by atoms with van der Waals surface area (Å²) in [5.41, 5.74) is 0.401. The van der Waals surface area contributed by atoms with E-state index in [-0.39, 0.29) is 29.3 Å². The summed E-state index contributed by atoms with van der Waals surface area (Å²) in [5.74, 6) is -1.68. The van der Waals surface area contributed by atoms with Crippen molar-refractivity contribution in [3.05, 3.63) is 42.5 Å². The van der Waals surface area contributed by atoms with E-state index in [0.717, 1.165) is 12.1 Å². The molecule has 30 heavy (non-hydrogen) atoms. The number of ether oxygens (including phenoxy) is 2. The maximum absolute atomic E-state index is 12.5. The molecule has 2 aromatic carbocycles. The van der Waals surface area contributed by atoms with E-state index in [1.807, 2.05) is 0 Å². The van der Waals surface area contributed by atoms with Gasteiger partial charge < -0.3 is 20.1 Å². The number of carbonyl (C=O) groups excluding carboxylic acids is 2. The van der Waals surface area contributed by atoms with Gasteiger partial charge in [0.05, 0.1) is 16.3 Å². The number of nitrogens with one attached hydrogen (secondary N) is 2. The summed E-state index contributed by atoms with van der Waals surface area (Å²) < 4.78 is 70.3. The fourth-order valence-corrected chi connectivity index (χ4v) is 3.83. The monoisotopic (exact) mass is 444 g/mol. The standard InChI is InChI=1S/C18H15F3N2O6S/c19-18(20,21)29-12-3-1-11(2-4-12)22-16(24)7-8-30(26,27)13-5-6-15-14(9-13)23-17(25)10-28-15/h1-6,9H,7-8,10H2,(H,22,24)(H,23,25). The number of anilines is 2. The lowest BCUT2D eigenvalue weighted by molar-refractivity contribution is -0.274. The van der Waals surface area contributed by atoms with Gasteiger partial charge in [0.2, 0.25) is 5.91 Å². The number of benzene rings is 2. The molecule has 0 fully saturated rings. The summed E-state index contributed by atoms with van der Waals surface area (Å²) in [4.78, 5) is 23.3. The van der Waals surface area contributed by atoms with Crippen LogP contribution in [0.3, 0.4) is 0 Å². The van der Waals surface area contributed by atoms with Gasteiger partial charge in [0.1, 0.15) is 11.5 Å². The van der Waals surface area contributed by atoms with Crippen LogP contribution < -0.4 is 20.1 Å². The van der Waals surface area contributed by atoms with Crippen molar-refractivity contribution in [1.82, 2.24) is 0 Å². The molecule has 0 atom stereocenters. The van der Waals surface area contributed by atoms with Crippen LogP contribution in [0.25, 0.3) is 0 Å². The summed E-state index contributed by atoms with van der Waals surface area (Å²) in [6.45, 7) is -0.164. The van der Waals surface area contributed by atoms with E-state index in [1.165, 1.54) is 30.3 Å². The quantitative estimate of drug-likeness (QED) is 0.709. The molecule has 0 aliphatic carbocycles. The molecular formula is C18H15F3N2O6S. The molecule has 160 valence electrons. The molecule has 1 heterocycles. The summed E-state index contributed by atoms with van der Waals surface area (Å²) >= 11 is 0. The van der Waals surface area contributed by atoms with Crippen LogP contribution in [0.4, 0.5) is 24.5 Å². The minimum atomic E-state index is -4.83. The number of alkyl halides is 3. The molecule has 0 radical (unpaired) electrons. The van der Waals surface area contributed by atoms with E-state index in [9.17, 15) is 31.2 Å². The predicted molar refractivity (Wildman–Crippen MR) is 99.0 cm³/mol. The van der Waals surface area contributed by atoms with Gasteiger partial charge in [0, 0.05) is 12.1 Å². The lowest BCUT2D eigenvalue weighted by Crippen LogP contribution is -2.25. The van der Waals surface area contributed by atoms with Crippen molar-refractivity contribution in [2.24, 2.45) is 0 Å². The number of carbonyl (C=O) groups is 2. The van der Waals surface area contributed by atoms with Crippen LogP contribution in [0.2, 0.25) is 0 Å². The Morgan fingerprint density at radius 3 is 2.53 bits per heavy atom. The third kappa shape index (κ3) is 5.63. The van der Waals surface area contributed by atoms with Gasteiger partial charge in [-0.3, -0.25) is 9.59 Å². The first kappa shape index (κ1) is 21.4. The van der Waals surface area contributed by atoms with E-state index < -0.39 is 39.5 Å². The Hall–Kier alpha value is -3.28. The molecular weight excluding hydrogens is 429 g/mol. The Morgan fingerprint density at radius 1 is 1.17 bits per heavy atom. The zero-order valence-electron chi connectivity index (χ0n) is 15.2. The first-order chi connectivity index (χ1) is 14.0. The van der Waals surface area contributed by atoms with Crippen molar-refractivity contribution in [3.63, 3.8) is 0 Å². The topological polar surface area (TPSA) is 111 Å². The van der Waals surface area contributed by atoms with Gasteiger partial charge in [0.25, 0.3) is 5.91 Å². The molecule has 2 N–H and O–H groups in total. The summed E-state index contributed by atoms with van der Waals surface area (Å²) in [6, 6.07) is 8.39. The smallest absolute Gasteiger partial charge is 0.482 e. The second-order valence-corrected chi connectivity index (χ2v) is 8.29. The maximum Gasteiger partial charge on any atom is 0.573 e. The van der Waals surface area contributed by atoms with Gasteiger partial charge in [-0.1, -0.05) is 0 Å². The van der Waals surface area contributed by atoms with Crippen molar-refractivity contribution in [1.29, 1.82) is 0 Å². The highest BCUT2D eigenvalue weighted by Gasteiger charge is 2.31. The van der Waals surface area contributed by atoms with Gasteiger partial charge in [-0.05, 0) is 42.5 Å². The maximum atomic E-state index is 12.5. The minimum absolute atomic E-state index is 0.0893. The second kappa shape index (κ2) is 8.22. The number of hydrogen-bond acceptors (Lipinski definition) is 6. The molecule has 0 aromatic heterocycles. The van der Waals surface area contributed by atoms with Crippen molar-refractivity contribution in [2.45, 2.75) is 17.7 Å². The Balaban J connectivity index is 1.59. The fourth-order valence-electron chi connectivity index (χ4n) is 2.56. The second-order valence-electron chi connectivity index (χ2n) is 6.18. The minimum Gasteiger partial charge on any atom is -0.482 e. The largest absolute Gasteiger partial charge is 0.573 e. The number of hydrogen-bond donors (Lipinski definition) is 2. The lowest BCUT2D eigenvalue weighted by atomic mass is 10.2. The van der Waals surface area contributed by atoms with E-state index in [1.54, 1.807) is 0 Å². The third-order valence-electron chi connectivity index (χ3n) is 3.91. The third-order valence-corrected chi connectivity index (χ3v) is 5.63. The number of halogens is 3.